The molecule has 2 nitrogen and oxygen atoms in total. The molecule has 0 saturated heterocycles. The average Bonchev–Trinajstić information content (AvgIpc) is 2.82. The highest BCUT2D eigenvalue weighted by molar-refractivity contribution is 5.94. The molecule has 3 rings (SSSR count). The maximum atomic E-state index is 5.40. The first-order valence-electron chi connectivity index (χ1n) is 4.82. The van der Waals surface area contributed by atoms with Crippen LogP contribution in [-0.4, -0.2) is 4.98 Å². The third-order valence-corrected chi connectivity index (χ3v) is 2.47. The maximum Gasteiger partial charge on any atom is 0.134 e. The molecular formula is C13H9NO. The average molecular weight is 195 g/mol. The Morgan fingerprint density at radius 1 is 1.00 bits per heavy atom. The zero-order chi connectivity index (χ0) is 10.1. The fourth-order valence-electron chi connectivity index (χ4n) is 1.76. The number of hydrogen-bond donors (Lipinski definition) is 0. The number of aromatic nitrogens is 1. The van der Waals surface area contributed by atoms with E-state index in [0.717, 1.165) is 16.7 Å². The Bertz CT molecular complexity index is 579. The van der Waals surface area contributed by atoms with Crippen molar-refractivity contribution in [3.8, 4) is 11.3 Å². The Morgan fingerprint density at radius 3 is 2.87 bits per heavy atom. The molecule has 0 aliphatic rings. The molecule has 72 valence electrons. The van der Waals surface area contributed by atoms with E-state index >= 15 is 0 Å². The van der Waals surface area contributed by atoms with Crippen molar-refractivity contribution in [3.63, 3.8) is 0 Å². The largest absolute Gasteiger partial charge is 0.464 e. The van der Waals surface area contributed by atoms with E-state index < -0.39 is 0 Å². The summed E-state index contributed by atoms with van der Waals surface area (Å²) >= 11 is 0. The predicted octanol–water partition coefficient (Wildman–Crippen LogP) is 3.49. The molecule has 0 N–H and O–H groups in total. The lowest BCUT2D eigenvalue weighted by atomic mass is 10.1. The molecule has 0 aliphatic heterocycles. The molecule has 0 saturated carbocycles. The van der Waals surface area contributed by atoms with Gasteiger partial charge in [-0.2, -0.15) is 0 Å². The zero-order valence-corrected chi connectivity index (χ0v) is 8.05. The van der Waals surface area contributed by atoms with Gasteiger partial charge in [0.25, 0.3) is 0 Å². The lowest BCUT2D eigenvalue weighted by Crippen LogP contribution is -1.79. The zero-order valence-electron chi connectivity index (χ0n) is 8.05. The van der Waals surface area contributed by atoms with Crippen molar-refractivity contribution in [2.24, 2.45) is 0 Å². The molecule has 0 amide bonds. The van der Waals surface area contributed by atoms with Crippen molar-refractivity contribution in [2.75, 3.05) is 0 Å². The fourth-order valence-corrected chi connectivity index (χ4v) is 1.76. The molecule has 0 fully saturated rings. The topological polar surface area (TPSA) is 26.0 Å². The summed E-state index contributed by atoms with van der Waals surface area (Å²) in [5.74, 6) is 0.883. The highest BCUT2D eigenvalue weighted by Gasteiger charge is 2.04. The lowest BCUT2D eigenvalue weighted by Gasteiger charge is -2.02. The molecule has 0 atom stereocenters. The van der Waals surface area contributed by atoms with Crippen LogP contribution in [0.3, 0.4) is 0 Å². The number of pyridine rings is 1. The van der Waals surface area contributed by atoms with Gasteiger partial charge in [0.15, 0.2) is 0 Å². The number of nitrogens with zero attached hydrogens (tertiary/aromatic N) is 1. The van der Waals surface area contributed by atoms with Crippen LogP contribution in [0.15, 0.2) is 59.5 Å². The third-order valence-electron chi connectivity index (χ3n) is 2.47. The van der Waals surface area contributed by atoms with E-state index in [1.54, 1.807) is 12.5 Å². The summed E-state index contributed by atoms with van der Waals surface area (Å²) in [5.41, 5.74) is 1.09. The van der Waals surface area contributed by atoms with Crippen molar-refractivity contribution in [3.05, 3.63) is 55.1 Å². The quantitative estimate of drug-likeness (QED) is 0.594. The molecule has 0 bridgehead atoms. The Kier molecular flexibility index (Phi) is 1.78. The number of benzene rings is 1. The highest BCUT2D eigenvalue weighted by Crippen LogP contribution is 2.27. The van der Waals surface area contributed by atoms with Gasteiger partial charge in [0.1, 0.15) is 5.76 Å². The van der Waals surface area contributed by atoms with E-state index in [4.69, 9.17) is 4.42 Å². The van der Waals surface area contributed by atoms with Crippen molar-refractivity contribution in [2.45, 2.75) is 0 Å². The molecule has 0 spiro atoms. The van der Waals surface area contributed by atoms with Crippen LogP contribution < -0.4 is 0 Å². The second kappa shape index (κ2) is 3.24. The Balaban J connectivity index is 2.36. The van der Waals surface area contributed by atoms with Crippen LogP contribution in [0, 0.1) is 0 Å². The molecule has 15 heavy (non-hydrogen) atoms. The normalized spacial score (nSPS) is 10.7. The minimum Gasteiger partial charge on any atom is -0.464 e. The van der Waals surface area contributed by atoms with Crippen LogP contribution >= 0.6 is 0 Å². The molecule has 3 aromatic rings. The fraction of sp³-hybridized carbons (Fsp3) is 0. The van der Waals surface area contributed by atoms with Crippen LogP contribution in [0.5, 0.6) is 0 Å². The van der Waals surface area contributed by atoms with Gasteiger partial charge in [-0.1, -0.05) is 18.2 Å². The first-order chi connectivity index (χ1) is 7.45. The number of rotatable bonds is 1. The van der Waals surface area contributed by atoms with Gasteiger partial charge >= 0.3 is 0 Å². The van der Waals surface area contributed by atoms with Gasteiger partial charge in [-0.3, -0.25) is 4.98 Å². The number of furan rings is 1. The van der Waals surface area contributed by atoms with Gasteiger partial charge in [-0.25, -0.2) is 0 Å². The summed E-state index contributed by atoms with van der Waals surface area (Å²) in [6.07, 6.45) is 5.35. The lowest BCUT2D eigenvalue weighted by molar-refractivity contribution is 0.583. The first kappa shape index (κ1) is 8.24. The maximum absolute atomic E-state index is 5.40. The molecule has 2 heterocycles. The second-order valence-electron chi connectivity index (χ2n) is 3.38. The van der Waals surface area contributed by atoms with Gasteiger partial charge in [0.05, 0.1) is 6.26 Å². The third kappa shape index (κ3) is 1.31. The minimum absolute atomic E-state index is 0.883. The predicted molar refractivity (Wildman–Crippen MR) is 59.4 cm³/mol. The minimum atomic E-state index is 0.883. The van der Waals surface area contributed by atoms with E-state index in [9.17, 15) is 0 Å². The summed E-state index contributed by atoms with van der Waals surface area (Å²) < 4.78 is 5.40. The molecule has 0 radical (unpaired) electrons. The van der Waals surface area contributed by atoms with Gasteiger partial charge in [0.2, 0.25) is 0 Å². The highest BCUT2D eigenvalue weighted by atomic mass is 16.3. The second-order valence-corrected chi connectivity index (χ2v) is 3.38. The van der Waals surface area contributed by atoms with Gasteiger partial charge in [-0.05, 0) is 23.6 Å². The van der Waals surface area contributed by atoms with Crippen molar-refractivity contribution in [1.82, 2.24) is 4.98 Å². The van der Waals surface area contributed by atoms with E-state index in [1.807, 2.05) is 36.5 Å². The molecular weight excluding hydrogens is 186 g/mol. The van der Waals surface area contributed by atoms with Crippen molar-refractivity contribution in [1.29, 1.82) is 0 Å². The van der Waals surface area contributed by atoms with Crippen LogP contribution in [0.4, 0.5) is 0 Å². The van der Waals surface area contributed by atoms with Gasteiger partial charge in [0, 0.05) is 23.3 Å². The van der Waals surface area contributed by atoms with E-state index in [0.29, 0.717) is 0 Å². The van der Waals surface area contributed by atoms with Crippen LogP contribution in [0.25, 0.3) is 22.1 Å². The van der Waals surface area contributed by atoms with Gasteiger partial charge in [-0.15, -0.1) is 0 Å². The summed E-state index contributed by atoms with van der Waals surface area (Å²) in [6, 6.07) is 12.0. The van der Waals surface area contributed by atoms with Crippen LogP contribution in [0.2, 0.25) is 0 Å². The molecule has 1 aromatic carbocycles. The first-order valence-corrected chi connectivity index (χ1v) is 4.82. The van der Waals surface area contributed by atoms with Crippen molar-refractivity contribution < 1.29 is 4.42 Å². The SMILES string of the molecule is c1coc(-c2cccc3ccncc23)c1. The van der Waals surface area contributed by atoms with Crippen LogP contribution in [-0.2, 0) is 0 Å². The summed E-state index contributed by atoms with van der Waals surface area (Å²) in [4.78, 5) is 4.14. The van der Waals surface area contributed by atoms with Gasteiger partial charge < -0.3 is 4.42 Å². The molecule has 2 heteroatoms. The van der Waals surface area contributed by atoms with Crippen LogP contribution in [0.1, 0.15) is 0 Å². The van der Waals surface area contributed by atoms with E-state index in [1.165, 1.54) is 5.39 Å². The summed E-state index contributed by atoms with van der Waals surface area (Å²) in [6.45, 7) is 0. The van der Waals surface area contributed by atoms with Crippen molar-refractivity contribution >= 4 is 10.8 Å². The van der Waals surface area contributed by atoms with E-state index in [-0.39, 0.29) is 0 Å². The number of fused-ring (bicyclic) bond motifs is 1. The number of hydrogen-bond acceptors (Lipinski definition) is 2. The molecule has 0 unspecified atom stereocenters. The Labute approximate surface area is 87.2 Å². The Hall–Kier alpha value is -2.09. The standard InChI is InChI=1S/C13H9NO/c1-3-10-6-7-14-9-12(10)11(4-1)13-5-2-8-15-13/h1-9H. The monoisotopic (exact) mass is 195 g/mol. The molecule has 0 aliphatic carbocycles. The van der Waals surface area contributed by atoms with E-state index in [2.05, 4.69) is 11.1 Å². The summed E-state index contributed by atoms with van der Waals surface area (Å²) in [7, 11) is 0. The molecule has 2 aromatic heterocycles. The smallest absolute Gasteiger partial charge is 0.134 e. The Morgan fingerprint density at radius 2 is 2.00 bits per heavy atom. The summed E-state index contributed by atoms with van der Waals surface area (Å²) in [5, 5.41) is 2.30.